The van der Waals surface area contributed by atoms with Crippen molar-refractivity contribution in [2.45, 2.75) is 157 Å². The van der Waals surface area contributed by atoms with Gasteiger partial charge in [-0.05, 0) is 165 Å². The van der Waals surface area contributed by atoms with Crippen LogP contribution < -0.4 is 0 Å². The van der Waals surface area contributed by atoms with E-state index in [9.17, 15) is 20.2 Å². The first-order chi connectivity index (χ1) is 44.7. The predicted molar refractivity (Wildman–Crippen MR) is 376 cm³/mol. The summed E-state index contributed by atoms with van der Waals surface area (Å²) < 4.78 is 31.0. The molecule has 17 nitrogen and oxygen atoms in total. The minimum atomic E-state index is -0.432. The second-order valence-electron chi connectivity index (χ2n) is 19.6. The van der Waals surface area contributed by atoms with Gasteiger partial charge in [0.1, 0.15) is 29.4 Å². The highest BCUT2D eigenvalue weighted by molar-refractivity contribution is 5.96. The first-order valence-corrected chi connectivity index (χ1v) is 31.0. The Hall–Kier alpha value is -11.2. The molecule has 6 aromatic carbocycles. The largest absolute Gasteiger partial charge is 0.464 e. The lowest BCUT2D eigenvalue weighted by atomic mass is 9.85. The third-order valence-electron chi connectivity index (χ3n) is 12.8. The highest BCUT2D eigenvalue weighted by Crippen LogP contribution is 2.34. The van der Waals surface area contributed by atoms with Crippen LogP contribution in [-0.2, 0) is 11.8 Å². The van der Waals surface area contributed by atoms with Gasteiger partial charge in [0.15, 0.2) is 11.2 Å². The fourth-order valence-corrected chi connectivity index (χ4v) is 8.84. The van der Waals surface area contributed by atoms with Gasteiger partial charge in [-0.3, -0.25) is 20.2 Å². The molecule has 0 atom stereocenters. The molecular formula is C76H87N7O10. The van der Waals surface area contributed by atoms with Crippen LogP contribution in [0.3, 0.4) is 0 Å². The number of nitro groups is 2. The monoisotopic (exact) mass is 1260 g/mol. The smallest absolute Gasteiger partial charge is 0.312 e. The summed E-state index contributed by atoms with van der Waals surface area (Å²) in [7, 11) is 0. The quantitative estimate of drug-likeness (QED) is 0.0905. The van der Waals surface area contributed by atoms with E-state index >= 15 is 0 Å². The van der Waals surface area contributed by atoms with Gasteiger partial charge in [-0.2, -0.15) is 21.0 Å². The van der Waals surface area contributed by atoms with Crippen molar-refractivity contribution in [3.8, 4) is 24.3 Å². The van der Waals surface area contributed by atoms with Crippen LogP contribution in [-0.4, -0.2) is 9.85 Å². The number of nitro benzene ring substituents is 2. The van der Waals surface area contributed by atoms with Gasteiger partial charge in [0, 0.05) is 50.0 Å². The van der Waals surface area contributed by atoms with Crippen molar-refractivity contribution >= 4 is 82.9 Å². The third kappa shape index (κ3) is 20.9. The molecule has 0 N–H and O–H groups in total. The maximum absolute atomic E-state index is 10.6. The Labute approximate surface area is 546 Å². The number of hydrogen-bond donors (Lipinski definition) is 0. The molecule has 0 aliphatic heterocycles. The van der Waals surface area contributed by atoms with E-state index in [-0.39, 0.29) is 16.8 Å². The third-order valence-corrected chi connectivity index (χ3v) is 12.8. The molecule has 0 aliphatic carbocycles. The van der Waals surface area contributed by atoms with Crippen LogP contribution >= 0.6 is 0 Å². The van der Waals surface area contributed by atoms with Gasteiger partial charge in [-0.1, -0.05) is 111 Å². The maximum atomic E-state index is 10.6. The zero-order valence-electron chi connectivity index (χ0n) is 57.6. The molecule has 0 bridgehead atoms. The second-order valence-corrected chi connectivity index (χ2v) is 19.6. The Morgan fingerprint density at radius 2 is 0.817 bits per heavy atom. The average Bonchev–Trinajstić information content (AvgIpc) is 1.81. The number of aryl methyl sites for hydroxylation is 6. The van der Waals surface area contributed by atoms with E-state index in [1.54, 1.807) is 43.1 Å². The van der Waals surface area contributed by atoms with E-state index in [2.05, 4.69) is 68.9 Å². The fourth-order valence-electron chi connectivity index (χ4n) is 8.84. The van der Waals surface area contributed by atoms with E-state index in [1.807, 2.05) is 166 Å². The Kier molecular flexibility index (Phi) is 34.7. The first kappa shape index (κ1) is 79.8. The predicted octanol–water partition coefficient (Wildman–Crippen LogP) is 24.0. The van der Waals surface area contributed by atoms with Gasteiger partial charge in [0.2, 0.25) is 16.9 Å². The number of nitriles is 4. The molecule has 6 heterocycles. The van der Waals surface area contributed by atoms with Crippen molar-refractivity contribution in [2.24, 2.45) is 0 Å². The van der Waals surface area contributed by atoms with Crippen molar-refractivity contribution < 1.29 is 36.3 Å². The molecule has 12 aromatic rings. The van der Waals surface area contributed by atoms with Gasteiger partial charge in [0.25, 0.3) is 0 Å². The van der Waals surface area contributed by atoms with Crippen molar-refractivity contribution in [2.75, 3.05) is 0 Å². The number of fused-ring (bicyclic) bond motifs is 6. The lowest BCUT2D eigenvalue weighted by Crippen LogP contribution is -2.11. The summed E-state index contributed by atoms with van der Waals surface area (Å²) in [6, 6.07) is 37.7. The SMILES string of the molecule is CC.CC.CC.CC.CC.CC.CC(C)(C)c1cc(C#N)c2occc2c1.CCc1cc(C#N)c2occc2c1.Cc1cc([N+](=O)[O-])c2occc2c1.Cc1cc([N+](=O)[O-])c2occc2c1.Cc1cc2ccoc2c(C)c1C#N.[C-]#[N+]c1c(C)cc(C#N)c2occc12. The molecule has 0 aliphatic rings. The number of nitrogens with zero attached hydrogens (tertiary/aromatic N) is 7. The Morgan fingerprint density at radius 3 is 1.22 bits per heavy atom. The van der Waals surface area contributed by atoms with Crippen molar-refractivity contribution in [1.29, 1.82) is 21.0 Å². The molecule has 12 rings (SSSR count). The average molecular weight is 1260 g/mol. The molecule has 17 heteroatoms. The van der Waals surface area contributed by atoms with E-state index in [0.717, 1.165) is 83.3 Å². The Bertz CT molecular complexity index is 4450. The lowest BCUT2D eigenvalue weighted by molar-refractivity contribution is -0.383. The summed E-state index contributed by atoms with van der Waals surface area (Å²) in [5.41, 5.74) is 13.3. The molecule has 0 amide bonds. The summed E-state index contributed by atoms with van der Waals surface area (Å²) >= 11 is 0. The summed E-state index contributed by atoms with van der Waals surface area (Å²) in [6.07, 6.45) is 10.2. The van der Waals surface area contributed by atoms with E-state index in [4.69, 9.17) is 54.1 Å². The van der Waals surface area contributed by atoms with Crippen LogP contribution in [0.25, 0.3) is 70.7 Å². The van der Waals surface area contributed by atoms with Crippen LogP contribution in [0.4, 0.5) is 17.1 Å². The molecule has 0 spiro atoms. The Balaban J connectivity index is 0.000000540. The number of rotatable bonds is 3. The molecule has 0 fully saturated rings. The van der Waals surface area contributed by atoms with Crippen LogP contribution in [0.1, 0.15) is 172 Å². The van der Waals surface area contributed by atoms with Crippen LogP contribution in [0.5, 0.6) is 0 Å². The van der Waals surface area contributed by atoms with Crippen LogP contribution in [0, 0.1) is 107 Å². The van der Waals surface area contributed by atoms with Crippen molar-refractivity contribution in [3.05, 3.63) is 227 Å². The van der Waals surface area contributed by atoms with Crippen molar-refractivity contribution in [1.82, 2.24) is 0 Å². The standard InChI is InChI=1S/C13H13NO.C11H6N2O.2C11H9NO.2C9H7NO3.6C2H6/c1-13(2,3)11-6-9-4-5-15-12(9)10(7-11)8-14;1-7-5-8(6-12)11-9(3-4-14-11)10(7)13-2;1-7-5-9-3-4-13-11(9)8(2)10(7)6-12;1-2-8-5-9-3-4-13-11(9)10(6-8)7-12;2*1-6-4-7-2-3-13-9(7)8(5-6)10(11)12;6*1-2/h4-7H,1-3H3;3-5H,1H3;3-5H,1-2H3;3-6H,2H2,1H3;2*2-5H,1H3;6*1-2H3. The topological polar surface area (TPSA) is 265 Å². The van der Waals surface area contributed by atoms with E-state index < -0.39 is 9.85 Å². The molecule has 486 valence electrons. The minimum absolute atomic E-state index is 0.0278. The molecule has 0 saturated heterocycles. The molecule has 93 heavy (non-hydrogen) atoms. The number of hydrogen-bond acceptors (Lipinski definition) is 14. The number of benzene rings is 6. The van der Waals surface area contributed by atoms with Gasteiger partial charge in [0.05, 0.1) is 82.3 Å². The zero-order chi connectivity index (χ0) is 70.7. The highest BCUT2D eigenvalue weighted by Gasteiger charge is 2.19. The van der Waals surface area contributed by atoms with Crippen LogP contribution in [0.15, 0.2) is 161 Å². The normalized spacial score (nSPS) is 9.51. The molecule has 0 radical (unpaired) electrons. The number of non-ortho nitro benzene ring substituents is 2. The molecule has 0 unspecified atom stereocenters. The summed E-state index contributed by atoms with van der Waals surface area (Å²) in [5.74, 6) is 0. The lowest BCUT2D eigenvalue weighted by Gasteiger charge is -2.19. The van der Waals surface area contributed by atoms with Crippen molar-refractivity contribution in [3.63, 3.8) is 0 Å². The minimum Gasteiger partial charge on any atom is -0.464 e. The summed E-state index contributed by atoms with van der Waals surface area (Å²) in [6.45, 7) is 48.8. The van der Waals surface area contributed by atoms with Gasteiger partial charge >= 0.3 is 11.4 Å². The second kappa shape index (κ2) is 40.4. The molecular weight excluding hydrogens is 1170 g/mol. The molecule has 6 aromatic heterocycles. The van der Waals surface area contributed by atoms with E-state index in [0.29, 0.717) is 50.3 Å². The van der Waals surface area contributed by atoms with Gasteiger partial charge in [-0.25, -0.2) is 4.85 Å². The fraction of sp³-hybridized carbons (Fsp3) is 0.303. The van der Waals surface area contributed by atoms with Gasteiger partial charge < -0.3 is 26.5 Å². The van der Waals surface area contributed by atoms with Crippen LogP contribution in [0.2, 0.25) is 0 Å². The first-order valence-electron chi connectivity index (χ1n) is 31.0. The maximum Gasteiger partial charge on any atom is 0.312 e. The zero-order valence-corrected chi connectivity index (χ0v) is 57.6. The van der Waals surface area contributed by atoms with Gasteiger partial charge in [-0.15, -0.1) is 0 Å². The molecule has 0 saturated carbocycles. The van der Waals surface area contributed by atoms with E-state index in [1.165, 1.54) is 36.5 Å². The number of furan rings is 6. The highest BCUT2D eigenvalue weighted by atomic mass is 16.6. The summed E-state index contributed by atoms with van der Waals surface area (Å²) in [4.78, 5) is 23.8. The summed E-state index contributed by atoms with van der Waals surface area (Å²) in [5, 5.41) is 62.2. The Morgan fingerprint density at radius 1 is 0.452 bits per heavy atom.